The lowest BCUT2D eigenvalue weighted by Gasteiger charge is -2.25. The Kier molecular flexibility index (Phi) is 4.02. The predicted octanol–water partition coefficient (Wildman–Crippen LogP) is 1.30. The van der Waals surface area contributed by atoms with Crippen molar-refractivity contribution in [2.24, 2.45) is 0 Å². The lowest BCUT2D eigenvalue weighted by atomic mass is 9.94. The van der Waals surface area contributed by atoms with Gasteiger partial charge in [-0.3, -0.25) is 0 Å². The van der Waals surface area contributed by atoms with Gasteiger partial charge in [0.2, 0.25) is 0 Å². The molecule has 0 aliphatic heterocycles. The van der Waals surface area contributed by atoms with Crippen LogP contribution in [0.5, 0.6) is 0 Å². The Morgan fingerprint density at radius 1 is 1.25 bits per heavy atom. The van der Waals surface area contributed by atoms with Crippen molar-refractivity contribution in [3.8, 4) is 0 Å². The maximum Gasteiger partial charge on any atom is 0.113 e. The van der Waals surface area contributed by atoms with Crippen molar-refractivity contribution in [2.75, 3.05) is 0 Å². The summed E-state index contributed by atoms with van der Waals surface area (Å²) in [6.45, 7) is 0.617. The highest BCUT2D eigenvalue weighted by molar-refractivity contribution is 6.32. The number of aliphatic hydroxyl groups excluding tert-OH is 1. The molecule has 0 bridgehead atoms. The zero-order chi connectivity index (χ0) is 11.4. The summed E-state index contributed by atoms with van der Waals surface area (Å²) >= 11 is 0. The second kappa shape index (κ2) is 5.51. The summed E-state index contributed by atoms with van der Waals surface area (Å²) in [4.78, 5) is 0. The van der Waals surface area contributed by atoms with Gasteiger partial charge < -0.3 is 9.84 Å². The largest absolute Gasteiger partial charge is 0.393 e. The molecular weight excluding hydrogens is 199 g/mol. The van der Waals surface area contributed by atoms with E-state index in [1.165, 1.54) is 0 Å². The Labute approximate surface area is 98.0 Å². The van der Waals surface area contributed by atoms with E-state index < -0.39 is 0 Å². The first-order valence-corrected chi connectivity index (χ1v) is 5.88. The maximum atomic E-state index is 9.38. The van der Waals surface area contributed by atoms with Crippen LogP contribution in [0.15, 0.2) is 24.3 Å². The van der Waals surface area contributed by atoms with Crippen LogP contribution in [0.1, 0.15) is 31.2 Å². The van der Waals surface area contributed by atoms with Gasteiger partial charge in [0.25, 0.3) is 0 Å². The van der Waals surface area contributed by atoms with Crippen molar-refractivity contribution in [1.29, 1.82) is 0 Å². The minimum absolute atomic E-state index is 0.118. The van der Waals surface area contributed by atoms with Crippen molar-refractivity contribution in [1.82, 2.24) is 0 Å². The van der Waals surface area contributed by atoms with Gasteiger partial charge in [-0.15, -0.1) is 0 Å². The van der Waals surface area contributed by atoms with Crippen molar-refractivity contribution in [3.05, 3.63) is 29.8 Å². The SMILES string of the molecule is [B]c1cccc(COC2CCC(O)CC2)c1. The first-order valence-electron chi connectivity index (χ1n) is 5.88. The van der Waals surface area contributed by atoms with Gasteiger partial charge in [-0.1, -0.05) is 29.7 Å². The molecule has 0 aromatic heterocycles. The molecule has 84 valence electrons. The van der Waals surface area contributed by atoms with E-state index in [2.05, 4.69) is 0 Å². The van der Waals surface area contributed by atoms with Crippen LogP contribution >= 0.6 is 0 Å². The predicted molar refractivity (Wildman–Crippen MR) is 64.9 cm³/mol. The highest BCUT2D eigenvalue weighted by Gasteiger charge is 2.19. The molecule has 0 atom stereocenters. The monoisotopic (exact) mass is 216 g/mol. The molecule has 2 nitrogen and oxygen atoms in total. The summed E-state index contributed by atoms with van der Waals surface area (Å²) in [6, 6.07) is 7.78. The number of hydrogen-bond donors (Lipinski definition) is 1. The molecule has 1 fully saturated rings. The normalized spacial score (nSPS) is 25.6. The second-order valence-electron chi connectivity index (χ2n) is 4.49. The van der Waals surface area contributed by atoms with Crippen LogP contribution in [0, 0.1) is 0 Å². The van der Waals surface area contributed by atoms with Crippen LogP contribution in [-0.4, -0.2) is 25.2 Å². The molecule has 0 unspecified atom stereocenters. The minimum Gasteiger partial charge on any atom is -0.393 e. The second-order valence-corrected chi connectivity index (χ2v) is 4.49. The summed E-state index contributed by atoms with van der Waals surface area (Å²) in [5.41, 5.74) is 1.89. The smallest absolute Gasteiger partial charge is 0.113 e. The Hall–Kier alpha value is -0.795. The van der Waals surface area contributed by atoms with Gasteiger partial charge in [0.1, 0.15) is 7.85 Å². The molecule has 1 N–H and O–H groups in total. The molecule has 2 radical (unpaired) electrons. The van der Waals surface area contributed by atoms with Gasteiger partial charge in [-0.2, -0.15) is 0 Å². The van der Waals surface area contributed by atoms with Crippen molar-refractivity contribution in [3.63, 3.8) is 0 Å². The van der Waals surface area contributed by atoms with E-state index >= 15 is 0 Å². The van der Waals surface area contributed by atoms with Crippen LogP contribution in [0.3, 0.4) is 0 Å². The molecule has 0 spiro atoms. The van der Waals surface area contributed by atoms with Crippen molar-refractivity contribution < 1.29 is 9.84 Å². The third-order valence-corrected chi connectivity index (χ3v) is 3.08. The Balaban J connectivity index is 1.79. The highest BCUT2D eigenvalue weighted by Crippen LogP contribution is 2.21. The maximum absolute atomic E-state index is 9.38. The van der Waals surface area contributed by atoms with E-state index in [4.69, 9.17) is 12.6 Å². The van der Waals surface area contributed by atoms with Gasteiger partial charge >= 0.3 is 0 Å². The lowest BCUT2D eigenvalue weighted by Crippen LogP contribution is -2.24. The average molecular weight is 216 g/mol. The summed E-state index contributed by atoms with van der Waals surface area (Å²) in [5.74, 6) is 0. The van der Waals surface area contributed by atoms with E-state index in [0.29, 0.717) is 12.7 Å². The third-order valence-electron chi connectivity index (χ3n) is 3.08. The van der Waals surface area contributed by atoms with Crippen LogP contribution in [0.25, 0.3) is 0 Å². The Morgan fingerprint density at radius 3 is 2.69 bits per heavy atom. The Bertz CT molecular complexity index is 332. The first kappa shape index (κ1) is 11.7. The minimum atomic E-state index is -0.118. The molecule has 0 heterocycles. The first-order chi connectivity index (χ1) is 7.74. The quantitative estimate of drug-likeness (QED) is 0.771. The fourth-order valence-electron chi connectivity index (χ4n) is 2.11. The third kappa shape index (κ3) is 3.36. The standard InChI is InChI=1S/C13H17BO2/c14-11-3-1-2-10(8-11)9-16-13-6-4-12(15)5-7-13/h1-3,8,12-13,15H,4-7,9H2. The fourth-order valence-corrected chi connectivity index (χ4v) is 2.11. The molecule has 1 aliphatic rings. The molecule has 1 saturated carbocycles. The summed E-state index contributed by atoms with van der Waals surface area (Å²) in [5, 5.41) is 9.38. The van der Waals surface area contributed by atoms with Gasteiger partial charge in [0.15, 0.2) is 0 Å². The number of aliphatic hydroxyl groups is 1. The number of rotatable bonds is 3. The number of hydrogen-bond acceptors (Lipinski definition) is 2. The highest BCUT2D eigenvalue weighted by atomic mass is 16.5. The molecule has 2 rings (SSSR count). The van der Waals surface area contributed by atoms with Crippen LogP contribution in [-0.2, 0) is 11.3 Å². The number of ether oxygens (including phenoxy) is 1. The van der Waals surface area contributed by atoms with Crippen molar-refractivity contribution >= 4 is 13.3 Å². The zero-order valence-corrected chi connectivity index (χ0v) is 9.43. The van der Waals surface area contributed by atoms with Gasteiger partial charge in [0, 0.05) is 0 Å². The van der Waals surface area contributed by atoms with E-state index in [1.54, 1.807) is 0 Å². The van der Waals surface area contributed by atoms with Gasteiger partial charge in [-0.05, 0) is 31.2 Å². The molecular formula is C13H17BO2. The molecule has 3 heteroatoms. The summed E-state index contributed by atoms with van der Waals surface area (Å²) in [6.07, 6.45) is 3.83. The lowest BCUT2D eigenvalue weighted by molar-refractivity contribution is -0.0118. The zero-order valence-electron chi connectivity index (χ0n) is 9.43. The van der Waals surface area contributed by atoms with E-state index in [-0.39, 0.29) is 6.10 Å². The summed E-state index contributed by atoms with van der Waals surface area (Å²) in [7, 11) is 5.70. The molecule has 1 aliphatic carbocycles. The van der Waals surface area contributed by atoms with E-state index in [0.717, 1.165) is 36.7 Å². The van der Waals surface area contributed by atoms with Crippen LogP contribution in [0.4, 0.5) is 0 Å². The number of benzene rings is 1. The summed E-state index contributed by atoms with van der Waals surface area (Å²) < 4.78 is 5.81. The molecule has 1 aromatic carbocycles. The Morgan fingerprint density at radius 2 is 2.00 bits per heavy atom. The topological polar surface area (TPSA) is 29.5 Å². The molecule has 0 saturated heterocycles. The molecule has 1 aromatic rings. The van der Waals surface area contributed by atoms with E-state index in [9.17, 15) is 5.11 Å². The molecule has 16 heavy (non-hydrogen) atoms. The van der Waals surface area contributed by atoms with Gasteiger partial charge in [-0.25, -0.2) is 0 Å². The van der Waals surface area contributed by atoms with E-state index in [1.807, 2.05) is 24.3 Å². The fraction of sp³-hybridized carbons (Fsp3) is 0.538. The van der Waals surface area contributed by atoms with Crippen molar-refractivity contribution in [2.45, 2.75) is 44.5 Å². The average Bonchev–Trinajstić information content (AvgIpc) is 2.28. The van der Waals surface area contributed by atoms with Crippen LogP contribution in [0.2, 0.25) is 0 Å². The van der Waals surface area contributed by atoms with Gasteiger partial charge in [0.05, 0.1) is 18.8 Å². The molecule has 0 amide bonds. The van der Waals surface area contributed by atoms with Crippen LogP contribution < -0.4 is 5.46 Å².